The third-order valence-electron chi connectivity index (χ3n) is 2.52. The molecule has 0 N–H and O–H groups in total. The van der Waals surface area contributed by atoms with Crippen molar-refractivity contribution >= 4 is 29.2 Å². The maximum Gasteiger partial charge on any atom is 0.319 e. The van der Waals surface area contributed by atoms with E-state index in [2.05, 4.69) is 4.74 Å². The van der Waals surface area contributed by atoms with Crippen LogP contribution in [0.3, 0.4) is 0 Å². The van der Waals surface area contributed by atoms with Crippen molar-refractivity contribution in [3.05, 3.63) is 39.9 Å². The van der Waals surface area contributed by atoms with Gasteiger partial charge in [-0.3, -0.25) is 19.7 Å². The molecule has 6 nitrogen and oxygen atoms in total. The van der Waals surface area contributed by atoms with Crippen LogP contribution in [0.1, 0.15) is 16.8 Å². The van der Waals surface area contributed by atoms with E-state index in [4.69, 9.17) is 0 Å². The molecule has 0 spiro atoms. The lowest BCUT2D eigenvalue weighted by Gasteiger charge is -2.10. The molecule has 102 valence electrons. The van der Waals surface area contributed by atoms with Gasteiger partial charge in [0.15, 0.2) is 5.78 Å². The van der Waals surface area contributed by atoms with Gasteiger partial charge in [0, 0.05) is 12.5 Å². The van der Waals surface area contributed by atoms with E-state index in [1.165, 1.54) is 37.1 Å². The number of ether oxygens (including phenoxy) is 1. The zero-order valence-corrected chi connectivity index (χ0v) is 11.3. The minimum absolute atomic E-state index is 0.00968. The number of benzene rings is 1. The molecule has 0 bridgehead atoms. The summed E-state index contributed by atoms with van der Waals surface area (Å²) in [5.74, 6) is -0.962. The van der Waals surface area contributed by atoms with Crippen molar-refractivity contribution in [1.29, 1.82) is 0 Å². The molecule has 0 aliphatic rings. The van der Waals surface area contributed by atoms with Gasteiger partial charge in [-0.25, -0.2) is 0 Å². The van der Waals surface area contributed by atoms with Gasteiger partial charge in [0.05, 0.1) is 17.6 Å². The molecule has 0 radical (unpaired) electrons. The highest BCUT2D eigenvalue weighted by Crippen LogP contribution is 2.22. The van der Waals surface area contributed by atoms with Crippen molar-refractivity contribution in [2.45, 2.75) is 11.7 Å². The maximum absolute atomic E-state index is 12.0. The number of nitrogens with zero attached hydrogens (tertiary/aromatic N) is 1. The number of methoxy groups -OCH3 is 1. The summed E-state index contributed by atoms with van der Waals surface area (Å²) in [6.45, 7) is 0. The van der Waals surface area contributed by atoms with Crippen LogP contribution in [0.15, 0.2) is 24.3 Å². The van der Waals surface area contributed by atoms with E-state index < -0.39 is 21.9 Å². The van der Waals surface area contributed by atoms with Gasteiger partial charge < -0.3 is 4.74 Å². The number of carbonyl (C=O) groups excluding carboxylic acids is 2. The van der Waals surface area contributed by atoms with Gasteiger partial charge in [0.25, 0.3) is 5.69 Å². The highest BCUT2D eigenvalue weighted by atomic mass is 32.2. The third-order valence-corrected chi connectivity index (χ3v) is 3.45. The Labute approximate surface area is 114 Å². The van der Waals surface area contributed by atoms with Crippen molar-refractivity contribution < 1.29 is 19.2 Å². The van der Waals surface area contributed by atoms with Crippen molar-refractivity contribution in [3.8, 4) is 0 Å². The molecule has 0 saturated carbocycles. The second kappa shape index (κ2) is 6.89. The van der Waals surface area contributed by atoms with Crippen LogP contribution in [-0.2, 0) is 9.53 Å². The van der Waals surface area contributed by atoms with Crippen LogP contribution in [0.4, 0.5) is 5.69 Å². The van der Waals surface area contributed by atoms with Crippen LogP contribution < -0.4 is 0 Å². The predicted octanol–water partition coefficient (Wildman–Crippen LogP) is 2.07. The quantitative estimate of drug-likeness (QED) is 0.344. The molecule has 1 atom stereocenters. The first kappa shape index (κ1) is 15.2. The topological polar surface area (TPSA) is 86.5 Å². The minimum Gasteiger partial charge on any atom is -0.468 e. The van der Waals surface area contributed by atoms with E-state index in [1.54, 1.807) is 12.3 Å². The lowest BCUT2D eigenvalue weighted by Crippen LogP contribution is -2.22. The number of esters is 1. The number of rotatable bonds is 6. The Morgan fingerprint density at radius 2 is 2.05 bits per heavy atom. The number of nitro benzene ring substituents is 1. The van der Waals surface area contributed by atoms with Gasteiger partial charge in [-0.2, -0.15) is 0 Å². The number of Topliss-reactive ketones (excluding diaryl/α,β-unsaturated/α-hetero) is 1. The Morgan fingerprint density at radius 1 is 1.42 bits per heavy atom. The number of hydrogen-bond acceptors (Lipinski definition) is 6. The van der Waals surface area contributed by atoms with E-state index in [9.17, 15) is 19.7 Å². The molecular weight excluding hydrogens is 270 g/mol. The Balaban J connectivity index is 2.95. The number of carbonyl (C=O) groups is 2. The molecule has 0 saturated heterocycles. The molecule has 1 aromatic rings. The Hall–Kier alpha value is -1.89. The Bertz CT molecular complexity index is 503. The van der Waals surface area contributed by atoms with E-state index in [1.807, 2.05) is 0 Å². The van der Waals surface area contributed by atoms with Crippen LogP contribution in [-0.4, -0.2) is 35.3 Å². The lowest BCUT2D eigenvalue weighted by molar-refractivity contribution is -0.385. The molecule has 0 heterocycles. The first-order chi connectivity index (χ1) is 9.01. The smallest absolute Gasteiger partial charge is 0.319 e. The SMILES string of the molecule is COC(=O)C(CC(=O)c1ccccc1[N+](=O)[O-])SC. The van der Waals surface area contributed by atoms with Gasteiger partial charge in [-0.05, 0) is 12.3 Å². The summed E-state index contributed by atoms with van der Waals surface area (Å²) < 4.78 is 4.57. The van der Waals surface area contributed by atoms with Crippen molar-refractivity contribution in [1.82, 2.24) is 0 Å². The molecule has 1 unspecified atom stereocenters. The summed E-state index contributed by atoms with van der Waals surface area (Å²) in [5.41, 5.74) is -0.243. The second-order valence-electron chi connectivity index (χ2n) is 3.65. The normalized spacial score (nSPS) is 11.7. The third kappa shape index (κ3) is 3.78. The first-order valence-corrected chi connectivity index (χ1v) is 6.67. The fourth-order valence-corrected chi connectivity index (χ4v) is 2.15. The van der Waals surface area contributed by atoms with E-state index in [0.717, 1.165) is 0 Å². The number of para-hydroxylation sites is 1. The maximum atomic E-state index is 12.0. The first-order valence-electron chi connectivity index (χ1n) is 5.38. The number of thioether (sulfide) groups is 1. The van der Waals surface area contributed by atoms with E-state index in [0.29, 0.717) is 0 Å². The summed E-state index contributed by atoms with van der Waals surface area (Å²) in [5, 5.41) is 10.2. The van der Waals surface area contributed by atoms with Gasteiger partial charge >= 0.3 is 5.97 Å². The molecule has 0 aliphatic carbocycles. The standard InChI is InChI=1S/C12H13NO5S/c1-18-12(15)11(19-2)7-10(14)8-5-3-4-6-9(8)13(16)17/h3-6,11H,7H2,1-2H3. The summed E-state index contributed by atoms with van der Waals surface area (Å²) in [7, 11) is 1.24. The monoisotopic (exact) mass is 283 g/mol. The summed E-state index contributed by atoms with van der Waals surface area (Å²) in [6, 6.07) is 5.68. The molecule has 0 aromatic heterocycles. The second-order valence-corrected chi connectivity index (χ2v) is 4.69. The average Bonchev–Trinajstić information content (AvgIpc) is 2.43. The van der Waals surface area contributed by atoms with Crippen LogP contribution in [0.5, 0.6) is 0 Å². The molecule has 1 rings (SSSR count). The fourth-order valence-electron chi connectivity index (χ4n) is 1.54. The molecule has 19 heavy (non-hydrogen) atoms. The van der Waals surface area contributed by atoms with Crippen LogP contribution in [0.25, 0.3) is 0 Å². The van der Waals surface area contributed by atoms with Gasteiger partial charge in [-0.15, -0.1) is 11.8 Å². The average molecular weight is 283 g/mol. The van der Waals surface area contributed by atoms with Crippen molar-refractivity contribution in [3.63, 3.8) is 0 Å². The summed E-state index contributed by atoms with van der Waals surface area (Å²) in [6.07, 6.45) is 1.55. The van der Waals surface area contributed by atoms with Crippen molar-refractivity contribution in [2.75, 3.05) is 13.4 Å². The number of hydrogen-bond donors (Lipinski definition) is 0. The molecule has 1 aromatic carbocycles. The van der Waals surface area contributed by atoms with E-state index in [-0.39, 0.29) is 17.7 Å². The molecule has 0 amide bonds. The fraction of sp³-hybridized carbons (Fsp3) is 0.333. The summed E-state index contributed by atoms with van der Waals surface area (Å²) >= 11 is 1.17. The molecule has 7 heteroatoms. The van der Waals surface area contributed by atoms with Gasteiger partial charge in [0.1, 0.15) is 5.25 Å². The number of ketones is 1. The number of nitro groups is 1. The van der Waals surface area contributed by atoms with Crippen molar-refractivity contribution in [2.24, 2.45) is 0 Å². The largest absolute Gasteiger partial charge is 0.468 e. The van der Waals surface area contributed by atoms with Gasteiger partial charge in [0.2, 0.25) is 0 Å². The van der Waals surface area contributed by atoms with E-state index >= 15 is 0 Å². The summed E-state index contributed by atoms with van der Waals surface area (Å²) in [4.78, 5) is 33.7. The zero-order chi connectivity index (χ0) is 14.4. The Morgan fingerprint density at radius 3 is 2.58 bits per heavy atom. The molecule has 0 aliphatic heterocycles. The van der Waals surface area contributed by atoms with Gasteiger partial charge in [-0.1, -0.05) is 12.1 Å². The highest BCUT2D eigenvalue weighted by molar-refractivity contribution is 7.99. The minimum atomic E-state index is -0.655. The van der Waals surface area contributed by atoms with Crippen LogP contribution in [0, 0.1) is 10.1 Å². The molecular formula is C12H13NO5S. The van der Waals surface area contributed by atoms with Crippen LogP contribution >= 0.6 is 11.8 Å². The van der Waals surface area contributed by atoms with Crippen LogP contribution in [0.2, 0.25) is 0 Å². The highest BCUT2D eigenvalue weighted by Gasteiger charge is 2.26. The Kier molecular flexibility index (Phi) is 5.50. The zero-order valence-electron chi connectivity index (χ0n) is 10.5. The lowest BCUT2D eigenvalue weighted by atomic mass is 10.0. The predicted molar refractivity (Wildman–Crippen MR) is 71.4 cm³/mol. The molecule has 0 fully saturated rings.